The average Bonchev–Trinajstić information content (AvgIpc) is 3.34. The van der Waals surface area contributed by atoms with E-state index < -0.39 is 0 Å². The van der Waals surface area contributed by atoms with E-state index in [0.29, 0.717) is 34.1 Å². The molecule has 0 bridgehead atoms. The van der Waals surface area contributed by atoms with Crippen molar-refractivity contribution in [3.63, 3.8) is 0 Å². The van der Waals surface area contributed by atoms with Gasteiger partial charge in [-0.1, -0.05) is 90.6 Å². The van der Waals surface area contributed by atoms with E-state index in [1.807, 2.05) is 54.6 Å². The molecular weight excluding hydrogens is 432 g/mol. The number of benzene rings is 3. The topological polar surface area (TPSA) is 73.8 Å². The lowest BCUT2D eigenvalue weighted by atomic mass is 10.1. The fourth-order valence-electron chi connectivity index (χ4n) is 3.70. The molecule has 5 aromatic rings. The highest BCUT2D eigenvalue weighted by atomic mass is 32.2. The van der Waals surface area contributed by atoms with Crippen LogP contribution in [-0.2, 0) is 13.0 Å². The largest absolute Gasteiger partial charge is 0.410 e. The number of rotatable bonds is 8. The zero-order valence-electron chi connectivity index (χ0n) is 17.9. The van der Waals surface area contributed by atoms with Crippen LogP contribution in [0.15, 0.2) is 99.4 Å². The van der Waals surface area contributed by atoms with Gasteiger partial charge in [0, 0.05) is 11.1 Å². The molecule has 2 aromatic heterocycles. The second-order valence-electron chi connectivity index (χ2n) is 7.65. The number of thioether (sulfide) groups is 1. The van der Waals surface area contributed by atoms with Crippen molar-refractivity contribution in [2.24, 2.45) is 0 Å². The molecule has 0 aliphatic rings. The molecule has 0 atom stereocenters. The summed E-state index contributed by atoms with van der Waals surface area (Å²) >= 11 is 1.53. The molecule has 7 heteroatoms. The maximum atomic E-state index is 13.0. The molecule has 33 heavy (non-hydrogen) atoms. The summed E-state index contributed by atoms with van der Waals surface area (Å²) in [5.74, 6) is 1.19. The third kappa shape index (κ3) is 4.88. The summed E-state index contributed by atoms with van der Waals surface area (Å²) in [6.45, 7) is 0.368. The minimum absolute atomic E-state index is 0.145. The van der Waals surface area contributed by atoms with Crippen LogP contribution in [0.2, 0.25) is 0 Å². The minimum Gasteiger partial charge on any atom is -0.410 e. The predicted octanol–water partition coefficient (Wildman–Crippen LogP) is 5.22. The van der Waals surface area contributed by atoms with Crippen molar-refractivity contribution in [2.45, 2.75) is 24.6 Å². The van der Waals surface area contributed by atoms with Gasteiger partial charge in [0.15, 0.2) is 5.69 Å². The molecule has 0 saturated carbocycles. The van der Waals surface area contributed by atoms with Gasteiger partial charge in [-0.25, -0.2) is 4.68 Å². The molecular formula is C26H22N4O2S. The SMILES string of the molecule is O=c1c2ccccc2c(-c2nnc(SCCCc3ccccc3)o2)nn1Cc1ccccc1. The van der Waals surface area contributed by atoms with Gasteiger partial charge in [0.05, 0.1) is 11.9 Å². The third-order valence-corrected chi connectivity index (χ3v) is 6.23. The molecule has 6 nitrogen and oxygen atoms in total. The molecule has 164 valence electrons. The lowest BCUT2D eigenvalue weighted by Gasteiger charge is -2.09. The summed E-state index contributed by atoms with van der Waals surface area (Å²) in [6.07, 6.45) is 2.01. The summed E-state index contributed by atoms with van der Waals surface area (Å²) < 4.78 is 7.40. The molecule has 0 N–H and O–H groups in total. The highest BCUT2D eigenvalue weighted by Crippen LogP contribution is 2.27. The lowest BCUT2D eigenvalue weighted by Crippen LogP contribution is -2.24. The zero-order chi connectivity index (χ0) is 22.5. The van der Waals surface area contributed by atoms with Crippen molar-refractivity contribution in [3.8, 4) is 11.6 Å². The van der Waals surface area contributed by atoms with Crippen LogP contribution in [0.1, 0.15) is 17.5 Å². The molecule has 0 amide bonds. The summed E-state index contributed by atoms with van der Waals surface area (Å²) in [6, 6.07) is 27.6. The first-order valence-electron chi connectivity index (χ1n) is 10.8. The monoisotopic (exact) mass is 454 g/mol. The normalized spacial score (nSPS) is 11.2. The Morgan fingerprint density at radius 1 is 0.788 bits per heavy atom. The highest BCUT2D eigenvalue weighted by molar-refractivity contribution is 7.99. The molecule has 0 unspecified atom stereocenters. The second kappa shape index (κ2) is 9.83. The van der Waals surface area contributed by atoms with E-state index in [9.17, 15) is 4.79 Å². The molecule has 0 aliphatic carbocycles. The molecule has 0 saturated heterocycles. The third-order valence-electron chi connectivity index (χ3n) is 5.33. The Morgan fingerprint density at radius 3 is 2.21 bits per heavy atom. The smallest absolute Gasteiger partial charge is 0.276 e. The van der Waals surface area contributed by atoms with Gasteiger partial charge < -0.3 is 4.42 Å². The quantitative estimate of drug-likeness (QED) is 0.236. The van der Waals surface area contributed by atoms with Gasteiger partial charge in [-0.3, -0.25) is 4.79 Å². The number of hydrogen-bond acceptors (Lipinski definition) is 6. The van der Waals surface area contributed by atoms with E-state index in [4.69, 9.17) is 4.42 Å². The van der Waals surface area contributed by atoms with Crippen molar-refractivity contribution in [3.05, 3.63) is 106 Å². The summed E-state index contributed by atoms with van der Waals surface area (Å²) in [5.41, 5.74) is 2.69. The van der Waals surface area contributed by atoms with Crippen LogP contribution in [-0.4, -0.2) is 25.7 Å². The Hall–Kier alpha value is -3.71. The van der Waals surface area contributed by atoms with Crippen molar-refractivity contribution in [1.29, 1.82) is 0 Å². The molecule has 3 aromatic carbocycles. The fourth-order valence-corrected chi connectivity index (χ4v) is 4.40. The summed E-state index contributed by atoms with van der Waals surface area (Å²) in [4.78, 5) is 13.0. The Balaban J connectivity index is 1.38. The van der Waals surface area contributed by atoms with Gasteiger partial charge in [0.25, 0.3) is 16.7 Å². The number of hydrogen-bond donors (Lipinski definition) is 0. The van der Waals surface area contributed by atoms with E-state index >= 15 is 0 Å². The Morgan fingerprint density at radius 2 is 1.45 bits per heavy atom. The van der Waals surface area contributed by atoms with Crippen molar-refractivity contribution >= 4 is 22.5 Å². The van der Waals surface area contributed by atoms with E-state index in [1.165, 1.54) is 22.0 Å². The molecule has 0 fully saturated rings. The summed E-state index contributed by atoms with van der Waals surface area (Å²) in [7, 11) is 0. The van der Waals surface area contributed by atoms with Crippen LogP contribution in [0, 0.1) is 0 Å². The van der Waals surface area contributed by atoms with Gasteiger partial charge in [0.2, 0.25) is 0 Å². The predicted molar refractivity (Wildman–Crippen MR) is 130 cm³/mol. The maximum absolute atomic E-state index is 13.0. The number of nitrogens with zero attached hydrogens (tertiary/aromatic N) is 4. The van der Waals surface area contributed by atoms with E-state index in [0.717, 1.165) is 24.2 Å². The van der Waals surface area contributed by atoms with Gasteiger partial charge in [-0.15, -0.1) is 10.2 Å². The van der Waals surface area contributed by atoms with Gasteiger partial charge in [-0.05, 0) is 30.0 Å². The number of aromatic nitrogens is 4. The molecule has 0 spiro atoms. The Kier molecular flexibility index (Phi) is 6.30. The van der Waals surface area contributed by atoms with Crippen molar-refractivity contribution in [2.75, 3.05) is 5.75 Å². The van der Waals surface area contributed by atoms with Crippen LogP contribution in [0.4, 0.5) is 0 Å². The zero-order valence-corrected chi connectivity index (χ0v) is 18.7. The van der Waals surface area contributed by atoms with Crippen LogP contribution >= 0.6 is 11.8 Å². The standard InChI is InChI=1S/C26H22N4O2S/c31-25-22-16-8-7-15-21(22)23(29-30(25)18-20-12-5-2-6-13-20)24-27-28-26(32-24)33-17-9-14-19-10-3-1-4-11-19/h1-8,10-13,15-16H,9,14,17-18H2. The number of aryl methyl sites for hydroxylation is 1. The van der Waals surface area contributed by atoms with E-state index in [2.05, 4.69) is 39.6 Å². The fraction of sp³-hybridized carbons (Fsp3) is 0.154. The highest BCUT2D eigenvalue weighted by Gasteiger charge is 2.17. The Labute approximate surface area is 195 Å². The second-order valence-corrected chi connectivity index (χ2v) is 8.70. The van der Waals surface area contributed by atoms with Gasteiger partial charge in [-0.2, -0.15) is 5.10 Å². The maximum Gasteiger partial charge on any atom is 0.276 e. The molecule has 5 rings (SSSR count). The summed E-state index contributed by atoms with van der Waals surface area (Å²) in [5, 5.41) is 14.8. The minimum atomic E-state index is -0.145. The van der Waals surface area contributed by atoms with Gasteiger partial charge >= 0.3 is 0 Å². The van der Waals surface area contributed by atoms with Crippen LogP contribution < -0.4 is 5.56 Å². The van der Waals surface area contributed by atoms with Crippen molar-refractivity contribution < 1.29 is 4.42 Å². The van der Waals surface area contributed by atoms with Gasteiger partial charge in [0.1, 0.15) is 0 Å². The van der Waals surface area contributed by atoms with E-state index in [-0.39, 0.29) is 5.56 Å². The van der Waals surface area contributed by atoms with Crippen LogP contribution in [0.5, 0.6) is 0 Å². The molecule has 2 heterocycles. The van der Waals surface area contributed by atoms with Crippen LogP contribution in [0.3, 0.4) is 0 Å². The first-order chi connectivity index (χ1) is 16.3. The van der Waals surface area contributed by atoms with E-state index in [1.54, 1.807) is 6.07 Å². The lowest BCUT2D eigenvalue weighted by molar-refractivity contribution is 0.462. The molecule has 0 radical (unpaired) electrons. The first kappa shape index (κ1) is 21.2. The van der Waals surface area contributed by atoms with Crippen molar-refractivity contribution in [1.82, 2.24) is 20.0 Å². The van der Waals surface area contributed by atoms with Crippen LogP contribution in [0.25, 0.3) is 22.4 Å². The Bertz CT molecular complexity index is 1410. The number of fused-ring (bicyclic) bond motifs is 1. The average molecular weight is 455 g/mol. The first-order valence-corrected chi connectivity index (χ1v) is 11.8. The molecule has 0 aliphatic heterocycles.